The summed E-state index contributed by atoms with van der Waals surface area (Å²) in [5.41, 5.74) is 0.997. The number of nitrogens with one attached hydrogen (secondary N) is 2. The Morgan fingerprint density at radius 3 is 2.07 bits per heavy atom. The molecule has 4 rings (SSSR count). The van der Waals surface area contributed by atoms with Gasteiger partial charge in [-0.3, -0.25) is 0 Å². The van der Waals surface area contributed by atoms with Crippen molar-refractivity contribution < 1.29 is 35.8 Å². The average Bonchev–Trinajstić information content (AvgIpc) is 2.98. The zero-order valence-electron chi connectivity index (χ0n) is 25.1. The molecule has 1 aliphatic rings. The first-order chi connectivity index (χ1) is 21.0. The van der Waals surface area contributed by atoms with Crippen LogP contribution in [-0.2, 0) is 26.3 Å². The number of sulfone groups is 1. The van der Waals surface area contributed by atoms with Crippen LogP contribution in [-0.4, -0.2) is 48.4 Å². The number of ether oxygens (including phenoxy) is 3. The number of rotatable bonds is 14. The molecule has 3 aromatic rings. The second kappa shape index (κ2) is 15.3. The van der Waals surface area contributed by atoms with Gasteiger partial charge in [0.15, 0.2) is 9.84 Å². The number of amides is 2. The standard InChI is InChI=1S/C32H40N2O8S2/c1-3-8-24-23-28(42-27-13-16-29(17-14-27)43(2,36)37)15-20-31(24)41-22-7-21-40-26-11-18-30(19-12-26)44(38,39)34-32(35)33-25-9-5-4-6-10-25/h11-20,23,25H,3-10,21-22H2,1-2H3,(H2,33,34,35). The summed E-state index contributed by atoms with van der Waals surface area (Å²) in [5, 5.41) is 2.75. The van der Waals surface area contributed by atoms with E-state index in [9.17, 15) is 21.6 Å². The van der Waals surface area contributed by atoms with Gasteiger partial charge < -0.3 is 19.5 Å². The van der Waals surface area contributed by atoms with Gasteiger partial charge in [0.05, 0.1) is 23.0 Å². The molecule has 0 saturated heterocycles. The number of hydrogen-bond donors (Lipinski definition) is 2. The summed E-state index contributed by atoms with van der Waals surface area (Å²) in [6.07, 6.45) is 8.39. The summed E-state index contributed by atoms with van der Waals surface area (Å²) in [4.78, 5) is 12.4. The Bertz CT molecular complexity index is 1600. The van der Waals surface area contributed by atoms with E-state index in [0.717, 1.165) is 62.5 Å². The van der Waals surface area contributed by atoms with Gasteiger partial charge in [0.2, 0.25) is 0 Å². The zero-order chi connectivity index (χ0) is 31.6. The van der Waals surface area contributed by atoms with Gasteiger partial charge in [-0.15, -0.1) is 0 Å². The molecule has 0 unspecified atom stereocenters. The highest BCUT2D eigenvalue weighted by molar-refractivity contribution is 7.90. The van der Waals surface area contributed by atoms with Crippen molar-refractivity contribution in [2.24, 2.45) is 0 Å². The first-order valence-electron chi connectivity index (χ1n) is 14.8. The van der Waals surface area contributed by atoms with E-state index in [1.165, 1.54) is 24.3 Å². The summed E-state index contributed by atoms with van der Waals surface area (Å²) in [6.45, 7) is 2.85. The van der Waals surface area contributed by atoms with E-state index in [4.69, 9.17) is 14.2 Å². The zero-order valence-corrected chi connectivity index (χ0v) is 26.7. The van der Waals surface area contributed by atoms with Crippen molar-refractivity contribution in [1.29, 1.82) is 0 Å². The Balaban J connectivity index is 1.23. The van der Waals surface area contributed by atoms with Crippen LogP contribution in [0.3, 0.4) is 0 Å². The monoisotopic (exact) mass is 644 g/mol. The van der Waals surface area contributed by atoms with Crippen molar-refractivity contribution in [3.8, 4) is 23.0 Å². The van der Waals surface area contributed by atoms with E-state index >= 15 is 0 Å². The van der Waals surface area contributed by atoms with Gasteiger partial charge in [-0.05, 0) is 91.6 Å². The SMILES string of the molecule is CCCc1cc(Oc2ccc(S(C)(=O)=O)cc2)ccc1OCCCOc1ccc(S(=O)(=O)NC(=O)NC2CCCCC2)cc1. The van der Waals surface area contributed by atoms with Crippen molar-refractivity contribution in [3.05, 3.63) is 72.3 Å². The Kier molecular flexibility index (Phi) is 11.5. The fourth-order valence-corrected chi connectivity index (χ4v) is 6.45. The molecule has 1 fully saturated rings. The number of benzene rings is 3. The molecule has 44 heavy (non-hydrogen) atoms. The van der Waals surface area contributed by atoms with Crippen molar-refractivity contribution in [1.82, 2.24) is 10.0 Å². The second-order valence-electron chi connectivity index (χ2n) is 10.8. The number of urea groups is 1. The van der Waals surface area contributed by atoms with Gasteiger partial charge >= 0.3 is 6.03 Å². The highest BCUT2D eigenvalue weighted by atomic mass is 32.2. The number of carbonyl (C=O) groups is 1. The predicted molar refractivity (Wildman–Crippen MR) is 168 cm³/mol. The molecule has 238 valence electrons. The number of carbonyl (C=O) groups excluding carboxylic acids is 1. The van der Waals surface area contributed by atoms with Crippen LogP contribution in [0.2, 0.25) is 0 Å². The van der Waals surface area contributed by atoms with Gasteiger partial charge in [0, 0.05) is 18.7 Å². The molecule has 0 aromatic heterocycles. The molecule has 0 radical (unpaired) electrons. The van der Waals surface area contributed by atoms with Crippen LogP contribution in [0.15, 0.2) is 76.5 Å². The van der Waals surface area contributed by atoms with E-state index < -0.39 is 25.9 Å². The molecule has 12 heteroatoms. The maximum atomic E-state index is 12.6. The molecular formula is C32H40N2O8S2. The van der Waals surface area contributed by atoms with Crippen LogP contribution < -0.4 is 24.2 Å². The summed E-state index contributed by atoms with van der Waals surface area (Å²) in [7, 11) is -7.27. The molecule has 1 saturated carbocycles. The third-order valence-corrected chi connectivity index (χ3v) is 9.63. The molecule has 0 heterocycles. The summed E-state index contributed by atoms with van der Waals surface area (Å²) in [5.74, 6) is 2.42. The molecule has 0 aliphatic heterocycles. The minimum atomic E-state index is -3.99. The lowest BCUT2D eigenvalue weighted by Gasteiger charge is -2.22. The van der Waals surface area contributed by atoms with Crippen molar-refractivity contribution in [2.75, 3.05) is 19.5 Å². The molecule has 3 aromatic carbocycles. The van der Waals surface area contributed by atoms with Gasteiger partial charge in [-0.1, -0.05) is 32.6 Å². The number of aryl methyl sites for hydroxylation is 1. The van der Waals surface area contributed by atoms with Gasteiger partial charge in [-0.2, -0.15) is 0 Å². The van der Waals surface area contributed by atoms with Crippen molar-refractivity contribution in [3.63, 3.8) is 0 Å². The summed E-state index contributed by atoms with van der Waals surface area (Å²) >= 11 is 0. The lowest BCUT2D eigenvalue weighted by Crippen LogP contribution is -2.45. The highest BCUT2D eigenvalue weighted by Gasteiger charge is 2.21. The van der Waals surface area contributed by atoms with Crippen LogP contribution in [0.25, 0.3) is 0 Å². The van der Waals surface area contributed by atoms with E-state index in [1.807, 2.05) is 12.1 Å². The topological polar surface area (TPSA) is 137 Å². The Morgan fingerprint density at radius 1 is 0.795 bits per heavy atom. The molecule has 0 spiro atoms. The molecule has 0 atom stereocenters. The molecule has 2 amide bonds. The Hall–Kier alpha value is -3.77. The second-order valence-corrected chi connectivity index (χ2v) is 14.5. The number of hydrogen-bond acceptors (Lipinski definition) is 8. The molecule has 2 N–H and O–H groups in total. The Morgan fingerprint density at radius 2 is 1.41 bits per heavy atom. The molecule has 0 bridgehead atoms. The first-order valence-corrected chi connectivity index (χ1v) is 18.2. The van der Waals surface area contributed by atoms with Gasteiger partial charge in [0.25, 0.3) is 10.0 Å². The van der Waals surface area contributed by atoms with E-state index in [0.29, 0.717) is 36.9 Å². The van der Waals surface area contributed by atoms with E-state index in [1.54, 1.807) is 30.3 Å². The minimum Gasteiger partial charge on any atom is -0.493 e. The van der Waals surface area contributed by atoms with Crippen LogP contribution in [0, 0.1) is 0 Å². The summed E-state index contributed by atoms with van der Waals surface area (Å²) in [6, 6.07) is 17.1. The average molecular weight is 645 g/mol. The van der Waals surface area contributed by atoms with Gasteiger partial charge in [-0.25, -0.2) is 26.4 Å². The van der Waals surface area contributed by atoms with Crippen molar-refractivity contribution in [2.45, 2.75) is 74.1 Å². The quantitative estimate of drug-likeness (QED) is 0.204. The number of sulfonamides is 1. The highest BCUT2D eigenvalue weighted by Crippen LogP contribution is 2.29. The first kappa shape index (κ1) is 33.1. The fraction of sp³-hybridized carbons (Fsp3) is 0.406. The molecular weight excluding hydrogens is 604 g/mol. The largest absolute Gasteiger partial charge is 0.493 e. The normalized spacial score (nSPS) is 14.0. The third kappa shape index (κ3) is 9.88. The molecule has 10 nitrogen and oxygen atoms in total. The minimum absolute atomic E-state index is 0.00526. The maximum absolute atomic E-state index is 12.6. The van der Waals surface area contributed by atoms with Crippen LogP contribution >= 0.6 is 0 Å². The maximum Gasteiger partial charge on any atom is 0.328 e. The lowest BCUT2D eigenvalue weighted by atomic mass is 9.96. The van der Waals surface area contributed by atoms with Crippen LogP contribution in [0.5, 0.6) is 23.0 Å². The predicted octanol–water partition coefficient (Wildman–Crippen LogP) is 6.00. The van der Waals surface area contributed by atoms with Crippen molar-refractivity contribution >= 4 is 25.9 Å². The fourth-order valence-electron chi connectivity index (χ4n) is 4.90. The Labute approximate surface area is 260 Å². The van der Waals surface area contributed by atoms with E-state index in [-0.39, 0.29) is 15.8 Å². The third-order valence-electron chi connectivity index (χ3n) is 7.16. The lowest BCUT2D eigenvalue weighted by molar-refractivity contribution is 0.237. The van der Waals surface area contributed by atoms with E-state index in [2.05, 4.69) is 17.0 Å². The smallest absolute Gasteiger partial charge is 0.328 e. The summed E-state index contributed by atoms with van der Waals surface area (Å²) < 4.78 is 68.4. The van der Waals surface area contributed by atoms with Crippen LogP contribution in [0.1, 0.15) is 57.4 Å². The van der Waals surface area contributed by atoms with Gasteiger partial charge in [0.1, 0.15) is 23.0 Å². The molecule has 1 aliphatic carbocycles. The van der Waals surface area contributed by atoms with Crippen LogP contribution in [0.4, 0.5) is 4.79 Å².